The molecule has 0 aliphatic rings. The van der Waals surface area contributed by atoms with Crippen LogP contribution in [0.1, 0.15) is 386 Å². The van der Waals surface area contributed by atoms with Crippen molar-refractivity contribution in [2.45, 2.75) is 392 Å². The van der Waals surface area contributed by atoms with E-state index < -0.39 is 26.5 Å². The molecule has 498 valence electrons. The molecule has 0 aromatic heterocycles. The highest BCUT2D eigenvalue weighted by atomic mass is 31.2. The summed E-state index contributed by atoms with van der Waals surface area (Å²) < 4.78 is 34.4. The number of likely N-dealkylation sites (N-methyl/N-ethyl adjacent to an activating group) is 1. The zero-order valence-corrected chi connectivity index (χ0v) is 57.8. The van der Waals surface area contributed by atoms with E-state index in [1.165, 1.54) is 321 Å². The van der Waals surface area contributed by atoms with Gasteiger partial charge in [0.15, 0.2) is 6.10 Å². The van der Waals surface area contributed by atoms with Crippen molar-refractivity contribution >= 4 is 19.8 Å². The van der Waals surface area contributed by atoms with Crippen molar-refractivity contribution in [1.29, 1.82) is 0 Å². The van der Waals surface area contributed by atoms with Gasteiger partial charge in [-0.15, -0.1) is 0 Å². The van der Waals surface area contributed by atoms with Crippen LogP contribution in [-0.2, 0) is 32.7 Å². The van der Waals surface area contributed by atoms with Crippen LogP contribution in [0.4, 0.5) is 0 Å². The Morgan fingerprint density at radius 1 is 0.357 bits per heavy atom. The highest BCUT2D eigenvalue weighted by Crippen LogP contribution is 2.38. The summed E-state index contributed by atoms with van der Waals surface area (Å²) in [6.45, 7) is 4.32. The van der Waals surface area contributed by atoms with E-state index in [1.54, 1.807) is 0 Å². The van der Waals surface area contributed by atoms with Gasteiger partial charge in [-0.2, -0.15) is 0 Å². The fourth-order valence-electron chi connectivity index (χ4n) is 11.2. The molecule has 0 fully saturated rings. The zero-order chi connectivity index (χ0) is 61.2. The molecule has 0 aliphatic carbocycles. The molecule has 0 N–H and O–H groups in total. The summed E-state index contributed by atoms with van der Waals surface area (Å²) in [6, 6.07) is 0. The number of phosphoric acid groups is 1. The molecule has 0 aromatic rings. The third-order valence-electron chi connectivity index (χ3n) is 16.9. The lowest BCUT2D eigenvalue weighted by molar-refractivity contribution is -0.870. The van der Waals surface area contributed by atoms with Crippen molar-refractivity contribution in [2.24, 2.45) is 0 Å². The third-order valence-corrected chi connectivity index (χ3v) is 17.9. The summed E-state index contributed by atoms with van der Waals surface area (Å²) in [6.07, 6.45) is 82.8. The van der Waals surface area contributed by atoms with Crippen LogP contribution in [0.25, 0.3) is 0 Å². The number of esters is 2. The van der Waals surface area contributed by atoms with Crippen molar-refractivity contribution in [3.63, 3.8) is 0 Å². The van der Waals surface area contributed by atoms with E-state index >= 15 is 0 Å². The number of carbonyl (C=O) groups is 2. The van der Waals surface area contributed by atoms with E-state index in [0.717, 1.165) is 32.1 Å². The zero-order valence-electron chi connectivity index (χ0n) is 56.9. The second-order valence-corrected chi connectivity index (χ2v) is 28.1. The van der Waals surface area contributed by atoms with Crippen molar-refractivity contribution in [3.05, 3.63) is 24.3 Å². The molecule has 0 spiro atoms. The fourth-order valence-corrected chi connectivity index (χ4v) is 12.0. The van der Waals surface area contributed by atoms with E-state index in [2.05, 4.69) is 38.2 Å². The molecule has 0 rings (SSSR count). The quantitative estimate of drug-likeness (QED) is 0.0195. The minimum atomic E-state index is -4.64. The SMILES string of the molecule is CCCCCCCCCC/C=C\CCCCCCCCCCCCCCCCCCCCCCCC(=O)OC(COC(=O)CCCCCCCCCCCCCCCCC/C=C\CCCCCCCCCC)COP(=O)([O-])OCC[N+](C)(C)C. The largest absolute Gasteiger partial charge is 0.756 e. The van der Waals surface area contributed by atoms with Crippen molar-refractivity contribution in [3.8, 4) is 0 Å². The number of allylic oxidation sites excluding steroid dienone is 4. The molecule has 10 heteroatoms. The molecule has 9 nitrogen and oxygen atoms in total. The number of phosphoric ester groups is 1. The van der Waals surface area contributed by atoms with Gasteiger partial charge >= 0.3 is 11.9 Å². The van der Waals surface area contributed by atoms with Gasteiger partial charge in [-0.3, -0.25) is 14.2 Å². The Bertz CT molecular complexity index is 1460. The first kappa shape index (κ1) is 82.5. The number of nitrogens with zero attached hydrogens (tertiary/aromatic N) is 1. The van der Waals surface area contributed by atoms with Gasteiger partial charge in [0, 0.05) is 12.8 Å². The predicted molar refractivity (Wildman–Crippen MR) is 361 cm³/mol. The molecular formula is C74H144NO8P. The van der Waals surface area contributed by atoms with Gasteiger partial charge in [-0.25, -0.2) is 0 Å². The lowest BCUT2D eigenvalue weighted by atomic mass is 10.0. The normalized spacial score (nSPS) is 13.2. The number of rotatable bonds is 70. The summed E-state index contributed by atoms with van der Waals surface area (Å²) in [4.78, 5) is 38.1. The Balaban J connectivity index is 3.95. The van der Waals surface area contributed by atoms with E-state index in [-0.39, 0.29) is 32.0 Å². The van der Waals surface area contributed by atoms with Gasteiger partial charge < -0.3 is 27.9 Å². The Kier molecular flexibility index (Phi) is 64.7. The minimum absolute atomic E-state index is 0.0270. The Labute approximate surface area is 523 Å². The van der Waals surface area contributed by atoms with Gasteiger partial charge in [0.25, 0.3) is 7.82 Å². The summed E-state index contributed by atoms with van der Waals surface area (Å²) in [7, 11) is 1.19. The number of carbonyl (C=O) groups excluding carboxylic acids is 2. The molecule has 0 aliphatic heterocycles. The van der Waals surface area contributed by atoms with Gasteiger partial charge in [0.2, 0.25) is 0 Å². The van der Waals surface area contributed by atoms with Crippen LogP contribution in [0.3, 0.4) is 0 Å². The average Bonchev–Trinajstić information content (AvgIpc) is 3.61. The van der Waals surface area contributed by atoms with Crippen LogP contribution in [0, 0.1) is 0 Å². The van der Waals surface area contributed by atoms with E-state index in [0.29, 0.717) is 17.4 Å². The lowest BCUT2D eigenvalue weighted by Gasteiger charge is -2.28. The number of ether oxygens (including phenoxy) is 2. The fraction of sp³-hybridized carbons (Fsp3) is 0.919. The number of unbranched alkanes of at least 4 members (excludes halogenated alkanes) is 52. The number of quaternary nitrogens is 1. The standard InChI is InChI=1S/C74H144NO8P/c1-6-8-10-12-14-16-18-20-22-24-26-28-30-32-34-35-36-37-38-39-41-43-45-47-49-51-53-55-57-59-61-63-65-67-74(77)83-72(71-82-84(78,79)81-69-68-75(3,4)5)70-80-73(76)66-64-62-60-58-56-54-52-50-48-46-44-42-40-33-31-29-27-25-23-21-19-17-15-13-11-9-7-2/h24-27,72H,6-23,28-71H2,1-5H3/b26-24-,27-25-. The first-order chi connectivity index (χ1) is 41.0. The topological polar surface area (TPSA) is 111 Å². The van der Waals surface area contributed by atoms with Crippen LogP contribution < -0.4 is 4.89 Å². The van der Waals surface area contributed by atoms with Crippen LogP contribution in [-0.4, -0.2) is 70.0 Å². The van der Waals surface area contributed by atoms with Crippen LogP contribution in [0.15, 0.2) is 24.3 Å². The van der Waals surface area contributed by atoms with E-state index in [4.69, 9.17) is 18.5 Å². The minimum Gasteiger partial charge on any atom is -0.756 e. The Hall–Kier alpha value is -1.51. The number of hydrogen-bond acceptors (Lipinski definition) is 8. The van der Waals surface area contributed by atoms with E-state index in [1.807, 2.05) is 21.1 Å². The maximum absolute atomic E-state index is 12.9. The molecule has 0 saturated heterocycles. The second kappa shape index (κ2) is 65.9. The summed E-state index contributed by atoms with van der Waals surface area (Å²) >= 11 is 0. The maximum atomic E-state index is 12.9. The smallest absolute Gasteiger partial charge is 0.306 e. The third kappa shape index (κ3) is 69.6. The molecule has 2 atom stereocenters. The molecule has 0 saturated carbocycles. The highest BCUT2D eigenvalue weighted by molar-refractivity contribution is 7.45. The van der Waals surface area contributed by atoms with Gasteiger partial charge in [-0.1, -0.05) is 334 Å². The Morgan fingerprint density at radius 3 is 0.881 bits per heavy atom. The van der Waals surface area contributed by atoms with Crippen molar-refractivity contribution in [1.82, 2.24) is 0 Å². The summed E-state index contributed by atoms with van der Waals surface area (Å²) in [5.74, 6) is -0.809. The summed E-state index contributed by atoms with van der Waals surface area (Å²) in [5.41, 5.74) is 0. The van der Waals surface area contributed by atoms with Crippen LogP contribution in [0.5, 0.6) is 0 Å². The molecule has 0 heterocycles. The average molecular weight is 1210 g/mol. The molecule has 0 aromatic carbocycles. The molecule has 0 amide bonds. The van der Waals surface area contributed by atoms with Crippen LogP contribution in [0.2, 0.25) is 0 Å². The van der Waals surface area contributed by atoms with Crippen molar-refractivity contribution < 1.29 is 42.1 Å². The first-order valence-electron chi connectivity index (χ1n) is 37.0. The molecule has 0 bridgehead atoms. The lowest BCUT2D eigenvalue weighted by Crippen LogP contribution is -2.37. The predicted octanol–water partition coefficient (Wildman–Crippen LogP) is 23.4. The van der Waals surface area contributed by atoms with Gasteiger partial charge in [0.05, 0.1) is 27.7 Å². The molecule has 0 radical (unpaired) electrons. The number of hydrogen-bond donors (Lipinski definition) is 0. The highest BCUT2D eigenvalue weighted by Gasteiger charge is 2.22. The van der Waals surface area contributed by atoms with Gasteiger partial charge in [-0.05, 0) is 64.2 Å². The van der Waals surface area contributed by atoms with Crippen LogP contribution >= 0.6 is 7.82 Å². The Morgan fingerprint density at radius 2 is 0.607 bits per heavy atom. The van der Waals surface area contributed by atoms with E-state index in [9.17, 15) is 19.0 Å². The first-order valence-corrected chi connectivity index (χ1v) is 38.5. The maximum Gasteiger partial charge on any atom is 0.306 e. The molecule has 2 unspecified atom stereocenters. The molecule has 84 heavy (non-hydrogen) atoms. The molecular weight excluding hydrogens is 1060 g/mol. The second-order valence-electron chi connectivity index (χ2n) is 26.7. The summed E-state index contributed by atoms with van der Waals surface area (Å²) in [5, 5.41) is 0. The van der Waals surface area contributed by atoms with Gasteiger partial charge in [0.1, 0.15) is 19.8 Å². The van der Waals surface area contributed by atoms with Crippen molar-refractivity contribution in [2.75, 3.05) is 47.5 Å². The monoisotopic (exact) mass is 1210 g/mol.